The number of hydrogen-bond acceptors (Lipinski definition) is 8. The van der Waals surface area contributed by atoms with Crippen molar-refractivity contribution in [3.8, 4) is 17.2 Å². The Kier molecular flexibility index (Phi) is 15.7. The minimum Gasteiger partial charge on any atom is -0.490 e. The van der Waals surface area contributed by atoms with Crippen molar-refractivity contribution in [2.75, 3.05) is 33.5 Å². The first kappa shape index (κ1) is 42.6. The van der Waals surface area contributed by atoms with E-state index in [1.807, 2.05) is 75.1 Å². The van der Waals surface area contributed by atoms with Crippen LogP contribution in [-0.4, -0.2) is 67.0 Å². The Labute approximate surface area is 340 Å². The van der Waals surface area contributed by atoms with Gasteiger partial charge in [-0.2, -0.15) is 0 Å². The first-order valence-electron chi connectivity index (χ1n) is 19.1. The number of benzene rings is 3. The van der Waals surface area contributed by atoms with Crippen LogP contribution in [0.1, 0.15) is 67.9 Å². The number of amides is 2. The summed E-state index contributed by atoms with van der Waals surface area (Å²) < 4.78 is 28.8. The molecule has 0 saturated heterocycles. The highest BCUT2D eigenvalue weighted by Crippen LogP contribution is 2.34. The number of carbonyl (C=O) groups excluding carboxylic acids is 2. The molecule has 2 amide bonds. The van der Waals surface area contributed by atoms with Crippen molar-refractivity contribution < 1.29 is 33.3 Å². The van der Waals surface area contributed by atoms with E-state index >= 15 is 0 Å². The first-order valence-corrected chi connectivity index (χ1v) is 19.8. The molecule has 0 radical (unpaired) electrons. The molecule has 1 N–H and O–H groups in total. The molecule has 1 atom stereocenters. The van der Waals surface area contributed by atoms with E-state index in [2.05, 4.69) is 22.4 Å². The molecule has 1 aromatic heterocycles. The van der Waals surface area contributed by atoms with Crippen LogP contribution in [0.25, 0.3) is 0 Å². The summed E-state index contributed by atoms with van der Waals surface area (Å²) in [5.74, 6) is 1.26. The lowest BCUT2D eigenvalue weighted by Crippen LogP contribution is -2.44. The van der Waals surface area contributed by atoms with Crippen LogP contribution in [0.2, 0.25) is 10.0 Å². The van der Waals surface area contributed by atoms with Crippen LogP contribution < -0.4 is 19.5 Å². The van der Waals surface area contributed by atoms with Gasteiger partial charge in [-0.15, -0.1) is 0 Å². The van der Waals surface area contributed by atoms with E-state index in [0.29, 0.717) is 47.7 Å². The van der Waals surface area contributed by atoms with E-state index in [1.54, 1.807) is 31.6 Å². The monoisotopic (exact) mass is 805 g/mol. The summed E-state index contributed by atoms with van der Waals surface area (Å²) in [6.07, 6.45) is 6.87. The van der Waals surface area contributed by atoms with E-state index in [-0.39, 0.29) is 31.7 Å². The van der Waals surface area contributed by atoms with Crippen LogP contribution in [0.4, 0.5) is 4.79 Å². The number of carbonyl (C=O) groups is 2. The van der Waals surface area contributed by atoms with Gasteiger partial charge in [0.15, 0.2) is 5.75 Å². The second kappa shape index (κ2) is 20.6. The fraction of sp³-hybridized carbons (Fsp3) is 0.432. The Hall–Kier alpha value is -4.51. The summed E-state index contributed by atoms with van der Waals surface area (Å²) in [6, 6.07) is 21.4. The van der Waals surface area contributed by atoms with Crippen LogP contribution in [0.15, 0.2) is 79.1 Å². The molecule has 1 unspecified atom stereocenters. The van der Waals surface area contributed by atoms with Gasteiger partial charge < -0.3 is 33.9 Å². The summed E-state index contributed by atoms with van der Waals surface area (Å²) in [4.78, 5) is 33.4. The summed E-state index contributed by atoms with van der Waals surface area (Å²) in [5, 5.41) is 3.77. The Balaban J connectivity index is 1.28. The molecular weight excluding hydrogens is 753 g/mol. The number of nitrogens with one attached hydrogen (secondary N) is 1. The Morgan fingerprint density at radius 1 is 0.839 bits per heavy atom. The maximum atomic E-state index is 14.6. The zero-order valence-electron chi connectivity index (χ0n) is 32.9. The normalized spacial score (nSPS) is 13.1. The van der Waals surface area contributed by atoms with Crippen molar-refractivity contribution >= 4 is 35.2 Å². The predicted octanol–water partition coefficient (Wildman–Crippen LogP) is 9.19. The first-order chi connectivity index (χ1) is 26.9. The fourth-order valence-electron chi connectivity index (χ4n) is 6.22. The molecule has 1 saturated carbocycles. The van der Waals surface area contributed by atoms with Crippen LogP contribution >= 0.6 is 23.2 Å². The highest BCUT2D eigenvalue weighted by Gasteiger charge is 2.36. The predicted molar refractivity (Wildman–Crippen MR) is 219 cm³/mol. The van der Waals surface area contributed by atoms with Gasteiger partial charge in [-0.05, 0) is 136 Å². The van der Waals surface area contributed by atoms with Crippen molar-refractivity contribution in [1.82, 2.24) is 15.2 Å². The molecule has 56 heavy (non-hydrogen) atoms. The van der Waals surface area contributed by atoms with E-state index in [0.717, 1.165) is 59.3 Å². The number of pyridine rings is 1. The molecule has 3 aromatic carbocycles. The van der Waals surface area contributed by atoms with E-state index in [1.165, 1.54) is 0 Å². The SMILES string of the molecule is COCCCc1cc(CN(C(=O)C(CNC(=O)OC(C)(C)C)Cc2ccc(OCCOc3c(Cl)cc(C)cc3Cl)cc2)C2CC2)cc(OCc2ccncc2)c1. The smallest absolute Gasteiger partial charge is 0.407 e. The van der Waals surface area contributed by atoms with Crippen molar-refractivity contribution in [3.63, 3.8) is 0 Å². The second-order valence-electron chi connectivity index (χ2n) is 15.1. The number of aromatic nitrogens is 1. The summed E-state index contributed by atoms with van der Waals surface area (Å²) >= 11 is 12.6. The number of hydrogen-bond donors (Lipinski definition) is 1. The lowest BCUT2D eigenvalue weighted by Gasteiger charge is -2.29. The zero-order chi connectivity index (χ0) is 40.1. The minimum absolute atomic E-state index is 0.0292. The zero-order valence-corrected chi connectivity index (χ0v) is 34.5. The topological polar surface area (TPSA) is 108 Å². The van der Waals surface area contributed by atoms with Crippen LogP contribution in [-0.2, 0) is 40.3 Å². The largest absolute Gasteiger partial charge is 0.490 e. The van der Waals surface area contributed by atoms with E-state index in [4.69, 9.17) is 46.9 Å². The highest BCUT2D eigenvalue weighted by atomic mass is 35.5. The molecule has 1 aliphatic carbocycles. The van der Waals surface area contributed by atoms with Gasteiger partial charge in [-0.3, -0.25) is 9.78 Å². The highest BCUT2D eigenvalue weighted by molar-refractivity contribution is 6.37. The molecule has 1 heterocycles. The molecule has 10 nitrogen and oxygen atoms in total. The Morgan fingerprint density at radius 2 is 1.52 bits per heavy atom. The fourth-order valence-corrected chi connectivity index (χ4v) is 6.93. The molecule has 5 rings (SSSR count). The molecule has 0 bridgehead atoms. The molecule has 0 aliphatic heterocycles. The Morgan fingerprint density at radius 3 is 2.18 bits per heavy atom. The molecule has 1 fully saturated rings. The minimum atomic E-state index is -0.672. The van der Waals surface area contributed by atoms with Crippen LogP contribution in [0, 0.1) is 12.8 Å². The lowest BCUT2D eigenvalue weighted by molar-refractivity contribution is -0.136. The third-order valence-electron chi connectivity index (χ3n) is 9.01. The maximum Gasteiger partial charge on any atom is 0.407 e. The van der Waals surface area contributed by atoms with Crippen molar-refractivity contribution in [1.29, 1.82) is 0 Å². The Bertz CT molecular complexity index is 1860. The second-order valence-corrected chi connectivity index (χ2v) is 15.9. The average Bonchev–Trinajstić information content (AvgIpc) is 4.00. The number of alkyl carbamates (subject to hydrolysis) is 1. The van der Waals surface area contributed by atoms with E-state index < -0.39 is 17.6 Å². The van der Waals surface area contributed by atoms with Gasteiger partial charge in [0.1, 0.15) is 36.9 Å². The van der Waals surface area contributed by atoms with Gasteiger partial charge in [0.2, 0.25) is 5.91 Å². The van der Waals surface area contributed by atoms with Crippen LogP contribution in [0.3, 0.4) is 0 Å². The number of methoxy groups -OCH3 is 1. The maximum absolute atomic E-state index is 14.6. The standard InChI is InChI=1S/C44H53Cl2N3O7/c1-30-21-39(45)41(40(46)22-30)54-20-19-53-37-12-8-31(9-13-37)24-35(27-48-43(51)56-44(2,3)4)42(50)49(36-10-11-36)28-34-23-33(7-6-18-52-5)25-38(26-34)55-29-32-14-16-47-17-15-32/h8-9,12-17,21-23,25-26,35-36H,6-7,10-11,18-20,24,27-29H2,1-5H3,(H,48,51). The summed E-state index contributed by atoms with van der Waals surface area (Å²) in [5.41, 5.74) is 4.33. The number of ether oxygens (including phenoxy) is 5. The molecule has 300 valence electrons. The molecule has 12 heteroatoms. The van der Waals surface area contributed by atoms with Gasteiger partial charge in [-0.1, -0.05) is 41.4 Å². The number of nitrogens with zero attached hydrogens (tertiary/aromatic N) is 2. The molecule has 0 spiro atoms. The van der Waals surface area contributed by atoms with Crippen molar-refractivity contribution in [3.05, 3.63) is 117 Å². The quantitative estimate of drug-likeness (QED) is 0.0882. The van der Waals surface area contributed by atoms with Gasteiger partial charge >= 0.3 is 6.09 Å². The summed E-state index contributed by atoms with van der Waals surface area (Å²) in [7, 11) is 1.70. The number of halogens is 2. The third-order valence-corrected chi connectivity index (χ3v) is 9.57. The van der Waals surface area contributed by atoms with Gasteiger partial charge in [-0.25, -0.2) is 4.79 Å². The van der Waals surface area contributed by atoms with Gasteiger partial charge in [0.05, 0.1) is 16.0 Å². The van der Waals surface area contributed by atoms with E-state index in [9.17, 15) is 9.59 Å². The average molecular weight is 807 g/mol. The van der Waals surface area contributed by atoms with Crippen LogP contribution in [0.5, 0.6) is 17.2 Å². The summed E-state index contributed by atoms with van der Waals surface area (Å²) in [6.45, 7) is 9.47. The van der Waals surface area contributed by atoms with Gasteiger partial charge in [0.25, 0.3) is 0 Å². The third kappa shape index (κ3) is 13.9. The number of rotatable bonds is 20. The van der Waals surface area contributed by atoms with Gasteiger partial charge in [0, 0.05) is 45.2 Å². The molecule has 4 aromatic rings. The molecular formula is C44H53Cl2N3O7. The molecule has 1 aliphatic rings. The number of aryl methyl sites for hydroxylation is 2. The van der Waals surface area contributed by atoms with Crippen molar-refractivity contribution in [2.24, 2.45) is 5.92 Å². The lowest BCUT2D eigenvalue weighted by atomic mass is 9.97. The van der Waals surface area contributed by atoms with Crippen molar-refractivity contribution in [2.45, 2.75) is 84.6 Å².